The zero-order valence-electron chi connectivity index (χ0n) is 11.9. The average Bonchev–Trinajstić information content (AvgIpc) is 2.50. The van der Waals surface area contributed by atoms with E-state index < -0.39 is 5.97 Å². The van der Waals surface area contributed by atoms with Crippen LogP contribution >= 0.6 is 0 Å². The number of carboxylic acids is 1. The Labute approximate surface area is 123 Å². The van der Waals surface area contributed by atoms with E-state index in [1.54, 1.807) is 18.2 Å². The van der Waals surface area contributed by atoms with Crippen molar-refractivity contribution in [3.63, 3.8) is 0 Å². The van der Waals surface area contributed by atoms with Gasteiger partial charge in [0, 0.05) is 13.0 Å². The summed E-state index contributed by atoms with van der Waals surface area (Å²) in [5.41, 5.74) is 0.414. The molecule has 0 saturated heterocycles. The van der Waals surface area contributed by atoms with Gasteiger partial charge in [-0.05, 0) is 18.1 Å². The molecule has 1 aromatic carbocycles. The monoisotopic (exact) mass is 293 g/mol. The number of fused-ring (bicyclic) bond motifs is 1. The number of amides is 1. The highest BCUT2D eigenvalue weighted by atomic mass is 16.6. The summed E-state index contributed by atoms with van der Waals surface area (Å²) in [5, 5.41) is 11.6. The topological polar surface area (TPSA) is 84.9 Å². The van der Waals surface area contributed by atoms with Crippen molar-refractivity contribution >= 4 is 11.9 Å². The number of ether oxygens (including phenoxy) is 2. The molecular formula is C15H19NO5. The highest BCUT2D eigenvalue weighted by Crippen LogP contribution is 2.33. The minimum atomic E-state index is -0.857. The number of hydrogen-bond donors (Lipinski definition) is 2. The van der Waals surface area contributed by atoms with Crippen molar-refractivity contribution < 1.29 is 24.2 Å². The van der Waals surface area contributed by atoms with E-state index in [1.165, 1.54) is 0 Å². The molecule has 0 fully saturated rings. The molecule has 0 aromatic heterocycles. The van der Waals surface area contributed by atoms with E-state index in [9.17, 15) is 9.59 Å². The Morgan fingerprint density at radius 3 is 2.81 bits per heavy atom. The molecule has 1 amide bonds. The lowest BCUT2D eigenvalue weighted by Crippen LogP contribution is -2.31. The highest BCUT2D eigenvalue weighted by molar-refractivity contribution is 5.97. The first kappa shape index (κ1) is 15.2. The number of aliphatic carboxylic acids is 1. The molecule has 0 aliphatic carbocycles. The summed E-state index contributed by atoms with van der Waals surface area (Å²) < 4.78 is 10.9. The first-order chi connectivity index (χ1) is 10.1. The van der Waals surface area contributed by atoms with Gasteiger partial charge in [-0.1, -0.05) is 19.4 Å². The second-order valence-corrected chi connectivity index (χ2v) is 4.91. The van der Waals surface area contributed by atoms with Gasteiger partial charge in [0.2, 0.25) is 0 Å². The predicted molar refractivity (Wildman–Crippen MR) is 75.8 cm³/mol. The van der Waals surface area contributed by atoms with Gasteiger partial charge in [0.15, 0.2) is 11.5 Å². The number of carboxylic acid groups (broad SMARTS) is 1. The molecule has 1 aliphatic rings. The zero-order chi connectivity index (χ0) is 15.2. The third kappa shape index (κ3) is 3.87. The minimum Gasteiger partial charge on any atom is -0.486 e. The molecule has 1 atom stereocenters. The lowest BCUT2D eigenvalue weighted by atomic mass is 10.0. The van der Waals surface area contributed by atoms with E-state index in [1.807, 2.05) is 6.92 Å². The van der Waals surface area contributed by atoms with Crippen LogP contribution in [0.15, 0.2) is 18.2 Å². The second kappa shape index (κ2) is 6.97. The smallest absolute Gasteiger partial charge is 0.303 e. The fraction of sp³-hybridized carbons (Fsp3) is 0.467. The van der Waals surface area contributed by atoms with Gasteiger partial charge in [-0.25, -0.2) is 0 Å². The van der Waals surface area contributed by atoms with Crippen molar-refractivity contribution in [2.45, 2.75) is 19.8 Å². The quantitative estimate of drug-likeness (QED) is 0.833. The first-order valence-corrected chi connectivity index (χ1v) is 7.00. The highest BCUT2D eigenvalue weighted by Gasteiger charge is 2.21. The van der Waals surface area contributed by atoms with Gasteiger partial charge < -0.3 is 19.9 Å². The second-order valence-electron chi connectivity index (χ2n) is 4.91. The van der Waals surface area contributed by atoms with Gasteiger partial charge in [-0.15, -0.1) is 0 Å². The fourth-order valence-corrected chi connectivity index (χ4v) is 2.19. The van der Waals surface area contributed by atoms with Crippen LogP contribution in [0, 0.1) is 5.92 Å². The number of carbonyl (C=O) groups is 2. The van der Waals surface area contributed by atoms with Gasteiger partial charge in [-0.3, -0.25) is 9.59 Å². The Morgan fingerprint density at radius 1 is 1.33 bits per heavy atom. The van der Waals surface area contributed by atoms with E-state index in [-0.39, 0.29) is 18.2 Å². The maximum atomic E-state index is 12.2. The number of benzene rings is 1. The molecular weight excluding hydrogens is 274 g/mol. The molecule has 1 heterocycles. The van der Waals surface area contributed by atoms with Crippen LogP contribution in [0.5, 0.6) is 11.5 Å². The van der Waals surface area contributed by atoms with E-state index >= 15 is 0 Å². The van der Waals surface area contributed by atoms with Crippen molar-refractivity contribution in [3.05, 3.63) is 23.8 Å². The minimum absolute atomic E-state index is 0.0449. The summed E-state index contributed by atoms with van der Waals surface area (Å²) in [6, 6.07) is 5.16. The molecule has 1 unspecified atom stereocenters. The van der Waals surface area contributed by atoms with Gasteiger partial charge in [-0.2, -0.15) is 0 Å². The normalized spacial score (nSPS) is 14.3. The molecule has 1 aromatic rings. The Bertz CT molecular complexity index is 529. The fourth-order valence-electron chi connectivity index (χ4n) is 2.19. The molecule has 0 spiro atoms. The number of para-hydroxylation sites is 1. The third-order valence-electron chi connectivity index (χ3n) is 3.40. The molecule has 2 rings (SSSR count). The van der Waals surface area contributed by atoms with Crippen LogP contribution in [0.3, 0.4) is 0 Å². The third-order valence-corrected chi connectivity index (χ3v) is 3.40. The molecule has 21 heavy (non-hydrogen) atoms. The number of nitrogens with one attached hydrogen (secondary N) is 1. The zero-order valence-corrected chi connectivity index (χ0v) is 11.9. The lowest BCUT2D eigenvalue weighted by Gasteiger charge is -2.21. The maximum absolute atomic E-state index is 12.2. The Kier molecular flexibility index (Phi) is 5.03. The van der Waals surface area contributed by atoms with E-state index in [2.05, 4.69) is 5.32 Å². The number of rotatable bonds is 6. The summed E-state index contributed by atoms with van der Waals surface area (Å²) in [7, 11) is 0. The van der Waals surface area contributed by atoms with Crippen LogP contribution in [-0.4, -0.2) is 36.7 Å². The molecule has 2 N–H and O–H groups in total. The number of hydrogen-bond acceptors (Lipinski definition) is 4. The van der Waals surface area contributed by atoms with Crippen LogP contribution in [0.1, 0.15) is 30.1 Å². The summed E-state index contributed by atoms with van der Waals surface area (Å²) in [5.74, 6) is -0.201. The molecule has 0 radical (unpaired) electrons. The van der Waals surface area contributed by atoms with Crippen LogP contribution < -0.4 is 14.8 Å². The molecule has 0 saturated carbocycles. The molecule has 114 valence electrons. The van der Waals surface area contributed by atoms with E-state index in [0.29, 0.717) is 43.2 Å². The van der Waals surface area contributed by atoms with Gasteiger partial charge in [0.05, 0.1) is 5.56 Å². The predicted octanol–water partition coefficient (Wildman–Crippen LogP) is 1.69. The summed E-state index contributed by atoms with van der Waals surface area (Å²) in [6.45, 7) is 3.11. The lowest BCUT2D eigenvalue weighted by molar-refractivity contribution is -0.138. The summed E-state index contributed by atoms with van der Waals surface area (Å²) >= 11 is 0. The molecule has 6 heteroatoms. The first-order valence-electron chi connectivity index (χ1n) is 7.00. The van der Waals surface area contributed by atoms with Crippen molar-refractivity contribution in [1.82, 2.24) is 5.32 Å². The molecule has 1 aliphatic heterocycles. The van der Waals surface area contributed by atoms with Crippen LogP contribution in [0.25, 0.3) is 0 Å². The van der Waals surface area contributed by atoms with E-state index in [0.717, 1.165) is 0 Å². The van der Waals surface area contributed by atoms with Gasteiger partial charge in [0.25, 0.3) is 5.91 Å². The SMILES string of the molecule is CCC(CNC(=O)c1cccc2c1OCCO2)CC(=O)O. The summed E-state index contributed by atoms with van der Waals surface area (Å²) in [4.78, 5) is 23.0. The largest absolute Gasteiger partial charge is 0.486 e. The van der Waals surface area contributed by atoms with Gasteiger partial charge >= 0.3 is 5.97 Å². The van der Waals surface area contributed by atoms with E-state index in [4.69, 9.17) is 14.6 Å². The van der Waals surface area contributed by atoms with Crippen LogP contribution in [0.2, 0.25) is 0 Å². The van der Waals surface area contributed by atoms with Crippen molar-refractivity contribution in [3.8, 4) is 11.5 Å². The Morgan fingerprint density at radius 2 is 2.10 bits per heavy atom. The average molecular weight is 293 g/mol. The van der Waals surface area contributed by atoms with Crippen molar-refractivity contribution in [2.24, 2.45) is 5.92 Å². The Hall–Kier alpha value is -2.24. The molecule has 0 bridgehead atoms. The number of carbonyl (C=O) groups excluding carboxylic acids is 1. The molecule has 6 nitrogen and oxygen atoms in total. The standard InChI is InChI=1S/C15H19NO5/c1-2-10(8-13(17)18)9-16-15(19)11-4-3-5-12-14(11)21-7-6-20-12/h3-5,10H,2,6-9H2,1H3,(H,16,19)(H,17,18). The van der Waals surface area contributed by atoms with Gasteiger partial charge in [0.1, 0.15) is 13.2 Å². The Balaban J connectivity index is 2.02. The maximum Gasteiger partial charge on any atom is 0.303 e. The van der Waals surface area contributed by atoms with Crippen molar-refractivity contribution in [2.75, 3.05) is 19.8 Å². The van der Waals surface area contributed by atoms with Crippen molar-refractivity contribution in [1.29, 1.82) is 0 Å². The summed E-state index contributed by atoms with van der Waals surface area (Å²) in [6.07, 6.45) is 0.738. The van der Waals surface area contributed by atoms with Crippen LogP contribution in [-0.2, 0) is 4.79 Å². The van der Waals surface area contributed by atoms with Crippen LogP contribution in [0.4, 0.5) is 0 Å².